The highest BCUT2D eigenvalue weighted by Crippen LogP contribution is 2.28. The first-order valence-electron chi connectivity index (χ1n) is 10.8. The van der Waals surface area contributed by atoms with Crippen molar-refractivity contribution in [3.8, 4) is 28.9 Å². The molecule has 0 aliphatic carbocycles. The molecule has 0 spiro atoms. The normalized spacial score (nSPS) is 11.2. The number of aliphatic imine (C=N–C) groups is 1. The van der Waals surface area contributed by atoms with E-state index in [0.29, 0.717) is 17.2 Å². The number of hydrogen-bond donors (Lipinski definition) is 1. The maximum Gasteiger partial charge on any atom is 0.312 e. The lowest BCUT2D eigenvalue weighted by molar-refractivity contribution is 0.304. The highest BCUT2D eigenvalue weighted by molar-refractivity contribution is 5.83. The zero-order chi connectivity index (χ0) is 21.9. The van der Waals surface area contributed by atoms with Crippen LogP contribution in [0, 0.1) is 0 Å². The van der Waals surface area contributed by atoms with Gasteiger partial charge < -0.3 is 19.0 Å². The van der Waals surface area contributed by atoms with Gasteiger partial charge in [-0.1, -0.05) is 45.1 Å². The third-order valence-corrected chi connectivity index (χ3v) is 4.89. The molecule has 3 aromatic rings. The first-order chi connectivity index (χ1) is 15.2. The zero-order valence-electron chi connectivity index (χ0n) is 18.2. The Bertz CT molecular complexity index is 964. The summed E-state index contributed by atoms with van der Waals surface area (Å²) in [6.45, 7) is 2.96. The van der Waals surface area contributed by atoms with Gasteiger partial charge in [-0.2, -0.15) is 0 Å². The minimum Gasteiger partial charge on any atom is -0.497 e. The largest absolute Gasteiger partial charge is 0.497 e. The van der Waals surface area contributed by atoms with Gasteiger partial charge in [-0.15, -0.1) is 0 Å². The first kappa shape index (κ1) is 22.4. The summed E-state index contributed by atoms with van der Waals surface area (Å²) in [4.78, 5) is 8.69. The van der Waals surface area contributed by atoms with Gasteiger partial charge in [0.2, 0.25) is 5.89 Å². The lowest BCUT2D eigenvalue weighted by Gasteiger charge is -2.06. The molecular weight excluding hydrogens is 392 g/mol. The lowest BCUT2D eigenvalue weighted by Crippen LogP contribution is -1.96. The van der Waals surface area contributed by atoms with Gasteiger partial charge in [0.25, 0.3) is 0 Å². The van der Waals surface area contributed by atoms with Gasteiger partial charge in [-0.25, -0.2) is 4.98 Å². The van der Waals surface area contributed by atoms with Crippen LogP contribution in [-0.4, -0.2) is 30.0 Å². The Labute approximate surface area is 183 Å². The number of nitrogens with zero attached hydrogens (tertiary/aromatic N) is 2. The van der Waals surface area contributed by atoms with E-state index in [4.69, 9.17) is 13.9 Å². The Morgan fingerprint density at radius 2 is 1.77 bits per heavy atom. The van der Waals surface area contributed by atoms with Crippen molar-refractivity contribution in [2.75, 3.05) is 13.7 Å². The van der Waals surface area contributed by atoms with Crippen LogP contribution in [0.3, 0.4) is 0 Å². The molecule has 6 nitrogen and oxygen atoms in total. The molecule has 0 aliphatic rings. The van der Waals surface area contributed by atoms with Crippen LogP contribution in [0.2, 0.25) is 0 Å². The van der Waals surface area contributed by atoms with Crippen LogP contribution in [0.15, 0.2) is 57.9 Å². The summed E-state index contributed by atoms with van der Waals surface area (Å²) in [6.07, 6.45) is 8.94. The van der Waals surface area contributed by atoms with Gasteiger partial charge in [0.05, 0.1) is 25.6 Å². The molecule has 0 unspecified atom stereocenters. The van der Waals surface area contributed by atoms with Gasteiger partial charge >= 0.3 is 5.95 Å². The van der Waals surface area contributed by atoms with Gasteiger partial charge in [0.15, 0.2) is 5.69 Å². The third-order valence-electron chi connectivity index (χ3n) is 4.89. The average Bonchev–Trinajstić information content (AvgIpc) is 3.18. The summed E-state index contributed by atoms with van der Waals surface area (Å²) in [5, 5.41) is 10.1. The summed E-state index contributed by atoms with van der Waals surface area (Å²) in [6, 6.07) is 14.8. The van der Waals surface area contributed by atoms with Crippen LogP contribution in [-0.2, 0) is 0 Å². The number of methoxy groups -OCH3 is 1. The van der Waals surface area contributed by atoms with Crippen LogP contribution >= 0.6 is 0 Å². The Morgan fingerprint density at radius 3 is 2.55 bits per heavy atom. The highest BCUT2D eigenvalue weighted by atomic mass is 16.5. The molecular formula is C25H30N2O4. The molecule has 0 bridgehead atoms. The van der Waals surface area contributed by atoms with Crippen molar-refractivity contribution in [1.29, 1.82) is 0 Å². The van der Waals surface area contributed by atoms with Crippen molar-refractivity contribution >= 4 is 11.9 Å². The molecule has 0 fully saturated rings. The van der Waals surface area contributed by atoms with Crippen LogP contribution in [0.1, 0.15) is 51.1 Å². The monoisotopic (exact) mass is 422 g/mol. The molecule has 0 saturated heterocycles. The van der Waals surface area contributed by atoms with Crippen LogP contribution in [0.4, 0.5) is 5.69 Å². The van der Waals surface area contributed by atoms with Gasteiger partial charge in [-0.3, -0.25) is 4.99 Å². The van der Waals surface area contributed by atoms with Crippen molar-refractivity contribution in [2.24, 2.45) is 4.99 Å². The summed E-state index contributed by atoms with van der Waals surface area (Å²) in [7, 11) is 1.59. The third kappa shape index (κ3) is 6.88. The second-order valence-electron chi connectivity index (χ2n) is 7.31. The quantitative estimate of drug-likeness (QED) is 0.265. The predicted octanol–water partition coefficient (Wildman–Crippen LogP) is 6.55. The van der Waals surface area contributed by atoms with E-state index in [-0.39, 0.29) is 11.6 Å². The van der Waals surface area contributed by atoms with Crippen LogP contribution in [0.25, 0.3) is 11.5 Å². The molecule has 3 rings (SSSR count). The molecule has 2 aromatic carbocycles. The standard InChI is InChI=1S/C25H30N2O4/c1-3-4-5-6-7-8-16-30-21-14-12-20(13-15-21)26-18-23-25(28)31-24(27-23)19-10-9-11-22(17-19)29-2/h9-15,17-18,28H,3-8,16H2,1-2H3. The minimum absolute atomic E-state index is 0.265. The number of rotatable bonds is 12. The summed E-state index contributed by atoms with van der Waals surface area (Å²) in [5.41, 5.74) is 1.71. The van der Waals surface area contributed by atoms with Gasteiger partial charge in [-0.05, 0) is 48.9 Å². The fraction of sp³-hybridized carbons (Fsp3) is 0.360. The maximum absolute atomic E-state index is 10.1. The van der Waals surface area contributed by atoms with E-state index in [0.717, 1.165) is 24.5 Å². The molecule has 1 aromatic heterocycles. The molecule has 0 atom stereocenters. The Balaban J connectivity index is 1.53. The number of aromatic nitrogens is 1. The molecule has 0 aliphatic heterocycles. The van der Waals surface area contributed by atoms with Gasteiger partial charge in [0, 0.05) is 5.56 Å². The SMILES string of the molecule is CCCCCCCCOc1ccc(N=Cc2nc(-c3cccc(OC)c3)oc2O)cc1. The molecule has 1 N–H and O–H groups in total. The molecule has 6 heteroatoms. The van der Waals surface area contributed by atoms with E-state index < -0.39 is 0 Å². The second kappa shape index (κ2) is 11.8. The van der Waals surface area contributed by atoms with Crippen molar-refractivity contribution in [3.05, 3.63) is 54.2 Å². The Hall–Kier alpha value is -3.28. The smallest absolute Gasteiger partial charge is 0.312 e. The van der Waals surface area contributed by atoms with Crippen molar-refractivity contribution in [3.63, 3.8) is 0 Å². The molecule has 0 saturated carbocycles. The van der Waals surface area contributed by atoms with Crippen molar-refractivity contribution < 1.29 is 19.0 Å². The van der Waals surface area contributed by atoms with E-state index in [1.54, 1.807) is 13.2 Å². The van der Waals surface area contributed by atoms with Crippen LogP contribution < -0.4 is 9.47 Å². The summed E-state index contributed by atoms with van der Waals surface area (Å²) < 4.78 is 16.4. The number of benzene rings is 2. The van der Waals surface area contributed by atoms with Gasteiger partial charge in [0.1, 0.15) is 11.5 Å². The second-order valence-corrected chi connectivity index (χ2v) is 7.31. The number of unbranched alkanes of at least 4 members (excludes halogenated alkanes) is 5. The van der Waals surface area contributed by atoms with Crippen molar-refractivity contribution in [2.45, 2.75) is 45.4 Å². The minimum atomic E-state index is -0.277. The van der Waals surface area contributed by atoms with E-state index in [1.807, 2.05) is 42.5 Å². The Kier molecular flexibility index (Phi) is 8.52. The fourth-order valence-corrected chi connectivity index (χ4v) is 3.12. The Morgan fingerprint density at radius 1 is 1.00 bits per heavy atom. The molecule has 164 valence electrons. The maximum atomic E-state index is 10.1. The van der Waals surface area contributed by atoms with E-state index >= 15 is 0 Å². The summed E-state index contributed by atoms with van der Waals surface area (Å²) in [5.74, 6) is 1.54. The predicted molar refractivity (Wildman–Crippen MR) is 123 cm³/mol. The topological polar surface area (TPSA) is 77.1 Å². The summed E-state index contributed by atoms with van der Waals surface area (Å²) >= 11 is 0. The fourth-order valence-electron chi connectivity index (χ4n) is 3.12. The zero-order valence-corrected chi connectivity index (χ0v) is 18.2. The van der Waals surface area contributed by atoms with E-state index in [9.17, 15) is 5.11 Å². The number of oxazole rings is 1. The number of aromatic hydroxyl groups is 1. The van der Waals surface area contributed by atoms with E-state index in [1.165, 1.54) is 38.3 Å². The highest BCUT2D eigenvalue weighted by Gasteiger charge is 2.13. The average molecular weight is 423 g/mol. The molecule has 0 amide bonds. The lowest BCUT2D eigenvalue weighted by atomic mass is 10.1. The molecule has 31 heavy (non-hydrogen) atoms. The molecule has 1 heterocycles. The van der Waals surface area contributed by atoms with Crippen LogP contribution in [0.5, 0.6) is 17.4 Å². The van der Waals surface area contributed by atoms with Crippen molar-refractivity contribution in [1.82, 2.24) is 4.98 Å². The first-order valence-corrected chi connectivity index (χ1v) is 10.8. The number of hydrogen-bond acceptors (Lipinski definition) is 6. The van der Waals surface area contributed by atoms with E-state index in [2.05, 4.69) is 16.9 Å². The molecule has 0 radical (unpaired) electrons. The number of ether oxygens (including phenoxy) is 2.